The number of pyridine rings is 1. The Bertz CT molecular complexity index is 437. The van der Waals surface area contributed by atoms with Gasteiger partial charge in [-0.15, -0.1) is 0 Å². The lowest BCUT2D eigenvalue weighted by atomic mass is 10.1. The normalized spacial score (nSPS) is 11.9. The van der Waals surface area contributed by atoms with Crippen LogP contribution in [0.1, 0.15) is 30.3 Å². The zero-order valence-electron chi connectivity index (χ0n) is 10.0. The Labute approximate surface area is 110 Å². The number of carboxylic acid groups (broad SMARTS) is 1. The van der Waals surface area contributed by atoms with E-state index in [0.717, 1.165) is 0 Å². The van der Waals surface area contributed by atoms with Gasteiger partial charge in [-0.1, -0.05) is 18.5 Å². The SMILES string of the molecule is CC(CCCNC(=O)c1cc(Cl)ccn1)C(=O)O. The second-order valence-corrected chi connectivity index (χ2v) is 4.43. The second kappa shape index (κ2) is 6.96. The van der Waals surface area contributed by atoms with Gasteiger partial charge in [-0.25, -0.2) is 0 Å². The highest BCUT2D eigenvalue weighted by molar-refractivity contribution is 6.30. The molecule has 5 nitrogen and oxygen atoms in total. The summed E-state index contributed by atoms with van der Waals surface area (Å²) in [7, 11) is 0. The van der Waals surface area contributed by atoms with Crippen molar-refractivity contribution in [1.29, 1.82) is 0 Å². The average Bonchev–Trinajstić information content (AvgIpc) is 2.33. The number of nitrogens with zero attached hydrogens (tertiary/aromatic N) is 1. The van der Waals surface area contributed by atoms with E-state index in [1.54, 1.807) is 13.0 Å². The molecule has 0 radical (unpaired) electrons. The highest BCUT2D eigenvalue weighted by Gasteiger charge is 2.11. The third-order valence-electron chi connectivity index (χ3n) is 2.48. The molecule has 2 N–H and O–H groups in total. The van der Waals surface area contributed by atoms with Crippen molar-refractivity contribution in [2.45, 2.75) is 19.8 Å². The van der Waals surface area contributed by atoms with E-state index in [1.807, 2.05) is 0 Å². The minimum absolute atomic E-state index is 0.258. The van der Waals surface area contributed by atoms with Crippen LogP contribution in [-0.4, -0.2) is 28.5 Å². The van der Waals surface area contributed by atoms with Gasteiger partial charge in [-0.05, 0) is 25.0 Å². The quantitative estimate of drug-likeness (QED) is 0.775. The second-order valence-electron chi connectivity index (χ2n) is 4.00. The summed E-state index contributed by atoms with van der Waals surface area (Å²) in [6, 6.07) is 3.07. The summed E-state index contributed by atoms with van der Waals surface area (Å²) in [5.41, 5.74) is 0.258. The molecule has 0 aliphatic heterocycles. The first-order chi connectivity index (χ1) is 8.50. The fourth-order valence-corrected chi connectivity index (χ4v) is 1.51. The summed E-state index contributed by atoms with van der Waals surface area (Å²) >= 11 is 5.74. The van der Waals surface area contributed by atoms with E-state index < -0.39 is 11.9 Å². The summed E-state index contributed by atoms with van der Waals surface area (Å²) in [4.78, 5) is 26.1. The first-order valence-corrected chi connectivity index (χ1v) is 6.01. The smallest absolute Gasteiger partial charge is 0.306 e. The molecule has 98 valence electrons. The molecule has 1 rings (SSSR count). The van der Waals surface area contributed by atoms with Crippen molar-refractivity contribution in [1.82, 2.24) is 10.3 Å². The number of carbonyl (C=O) groups is 2. The summed E-state index contributed by atoms with van der Waals surface area (Å²) in [6.07, 6.45) is 2.60. The van der Waals surface area contributed by atoms with Gasteiger partial charge in [-0.3, -0.25) is 14.6 Å². The van der Waals surface area contributed by atoms with Gasteiger partial charge in [0.05, 0.1) is 5.92 Å². The van der Waals surface area contributed by atoms with E-state index >= 15 is 0 Å². The molecule has 0 fully saturated rings. The average molecular weight is 271 g/mol. The number of nitrogens with one attached hydrogen (secondary N) is 1. The summed E-state index contributed by atoms with van der Waals surface area (Å²) in [6.45, 7) is 2.06. The first kappa shape index (κ1) is 14.4. The molecule has 0 saturated heterocycles. The van der Waals surface area contributed by atoms with E-state index in [0.29, 0.717) is 24.4 Å². The zero-order chi connectivity index (χ0) is 13.5. The molecule has 6 heteroatoms. The van der Waals surface area contributed by atoms with Crippen LogP contribution < -0.4 is 5.32 Å². The van der Waals surface area contributed by atoms with Crippen molar-refractivity contribution in [2.24, 2.45) is 5.92 Å². The van der Waals surface area contributed by atoms with Gasteiger partial charge in [0.15, 0.2) is 0 Å². The van der Waals surface area contributed by atoms with Gasteiger partial charge in [0, 0.05) is 17.8 Å². The van der Waals surface area contributed by atoms with E-state index in [1.165, 1.54) is 12.3 Å². The van der Waals surface area contributed by atoms with Crippen LogP contribution in [0.15, 0.2) is 18.3 Å². The van der Waals surface area contributed by atoms with Crippen LogP contribution in [-0.2, 0) is 4.79 Å². The molecule has 0 aromatic carbocycles. The molecule has 1 aromatic rings. The van der Waals surface area contributed by atoms with Crippen molar-refractivity contribution >= 4 is 23.5 Å². The van der Waals surface area contributed by atoms with Crippen LogP contribution >= 0.6 is 11.6 Å². The Hall–Kier alpha value is -1.62. The number of carboxylic acids is 1. The number of aromatic nitrogens is 1. The Balaban J connectivity index is 2.32. The van der Waals surface area contributed by atoms with E-state index in [9.17, 15) is 9.59 Å². The summed E-state index contributed by atoms with van der Waals surface area (Å²) in [5, 5.41) is 11.8. The molecule has 1 atom stereocenters. The van der Waals surface area contributed by atoms with Crippen LogP contribution in [0.2, 0.25) is 5.02 Å². The Kier molecular flexibility index (Phi) is 5.58. The third kappa shape index (κ3) is 4.71. The van der Waals surface area contributed by atoms with Crippen molar-refractivity contribution in [3.8, 4) is 0 Å². The maximum Gasteiger partial charge on any atom is 0.306 e. The fourth-order valence-electron chi connectivity index (χ4n) is 1.35. The fraction of sp³-hybridized carbons (Fsp3) is 0.417. The standard InChI is InChI=1S/C12H15ClN2O3/c1-8(12(17)18)3-2-5-15-11(16)10-7-9(13)4-6-14-10/h4,6-8H,2-3,5H2,1H3,(H,15,16)(H,17,18). The molecule has 1 aromatic heterocycles. The Morgan fingerprint density at radius 2 is 2.28 bits per heavy atom. The van der Waals surface area contributed by atoms with Gasteiger partial charge in [0.2, 0.25) is 0 Å². The molecule has 0 spiro atoms. The highest BCUT2D eigenvalue weighted by atomic mass is 35.5. The van der Waals surface area contributed by atoms with Crippen molar-refractivity contribution < 1.29 is 14.7 Å². The van der Waals surface area contributed by atoms with Gasteiger partial charge < -0.3 is 10.4 Å². The van der Waals surface area contributed by atoms with Crippen molar-refractivity contribution in [3.05, 3.63) is 29.0 Å². The van der Waals surface area contributed by atoms with Crippen molar-refractivity contribution in [2.75, 3.05) is 6.54 Å². The monoisotopic (exact) mass is 270 g/mol. The maximum absolute atomic E-state index is 11.6. The number of halogens is 1. The van der Waals surface area contributed by atoms with Crippen LogP contribution in [0.3, 0.4) is 0 Å². The number of hydrogen-bond donors (Lipinski definition) is 2. The highest BCUT2D eigenvalue weighted by Crippen LogP contribution is 2.08. The maximum atomic E-state index is 11.6. The van der Waals surface area contributed by atoms with Crippen LogP contribution in [0.4, 0.5) is 0 Å². The molecular weight excluding hydrogens is 256 g/mol. The van der Waals surface area contributed by atoms with Crippen molar-refractivity contribution in [3.63, 3.8) is 0 Å². The van der Waals surface area contributed by atoms with Gasteiger partial charge in [0.1, 0.15) is 5.69 Å². The Morgan fingerprint density at radius 3 is 2.89 bits per heavy atom. The third-order valence-corrected chi connectivity index (χ3v) is 2.71. The topological polar surface area (TPSA) is 79.3 Å². The summed E-state index contributed by atoms with van der Waals surface area (Å²) in [5.74, 6) is -1.52. The largest absolute Gasteiger partial charge is 0.481 e. The lowest BCUT2D eigenvalue weighted by molar-refractivity contribution is -0.141. The number of hydrogen-bond acceptors (Lipinski definition) is 3. The molecule has 0 aliphatic rings. The minimum atomic E-state index is -0.821. The van der Waals surface area contributed by atoms with Gasteiger partial charge in [0.25, 0.3) is 5.91 Å². The molecule has 0 saturated carbocycles. The predicted octanol–water partition coefficient (Wildman–Crippen LogP) is 1.97. The summed E-state index contributed by atoms with van der Waals surface area (Å²) < 4.78 is 0. The molecule has 1 heterocycles. The number of aliphatic carboxylic acids is 1. The van der Waals surface area contributed by atoms with Gasteiger partial charge in [-0.2, -0.15) is 0 Å². The molecule has 1 unspecified atom stereocenters. The van der Waals surface area contributed by atoms with E-state index in [4.69, 9.17) is 16.7 Å². The van der Waals surface area contributed by atoms with Crippen LogP contribution in [0.25, 0.3) is 0 Å². The van der Waals surface area contributed by atoms with Gasteiger partial charge >= 0.3 is 5.97 Å². The van der Waals surface area contributed by atoms with E-state index in [2.05, 4.69) is 10.3 Å². The van der Waals surface area contributed by atoms with Crippen LogP contribution in [0, 0.1) is 5.92 Å². The number of carbonyl (C=O) groups excluding carboxylic acids is 1. The molecule has 1 amide bonds. The van der Waals surface area contributed by atoms with Crippen LogP contribution in [0.5, 0.6) is 0 Å². The number of amides is 1. The molecule has 18 heavy (non-hydrogen) atoms. The van der Waals surface area contributed by atoms with E-state index in [-0.39, 0.29) is 11.6 Å². The number of rotatable bonds is 6. The first-order valence-electron chi connectivity index (χ1n) is 5.63. The lowest BCUT2D eigenvalue weighted by Crippen LogP contribution is -2.26. The molecular formula is C12H15ClN2O3. The Morgan fingerprint density at radius 1 is 1.56 bits per heavy atom. The predicted molar refractivity (Wildman–Crippen MR) is 67.6 cm³/mol. The lowest BCUT2D eigenvalue weighted by Gasteiger charge is -2.07. The zero-order valence-corrected chi connectivity index (χ0v) is 10.8. The molecule has 0 aliphatic carbocycles. The molecule has 0 bridgehead atoms. The minimum Gasteiger partial charge on any atom is -0.481 e.